The normalized spacial score (nSPS) is 14.9. The lowest BCUT2D eigenvalue weighted by Crippen LogP contribution is -2.42. The Morgan fingerprint density at radius 2 is 2.00 bits per heavy atom. The molecule has 0 bridgehead atoms. The zero-order valence-electron chi connectivity index (χ0n) is 15.0. The molecule has 136 valence electrons. The van der Waals surface area contributed by atoms with Crippen LogP contribution in [0.1, 0.15) is 25.0 Å². The standard InChI is InChI=1S/C20H21ClN2O3/c1-20(2)16-10-14(21)7-8-17(16)23(19(20)25)12-18(24)22-11-13-5-4-6-15(9-13)26-3/h4-10H,11-12H2,1-3H3,(H,22,24). The van der Waals surface area contributed by atoms with E-state index >= 15 is 0 Å². The molecule has 1 aliphatic rings. The highest BCUT2D eigenvalue weighted by atomic mass is 35.5. The minimum atomic E-state index is -0.701. The number of hydrogen-bond acceptors (Lipinski definition) is 3. The van der Waals surface area contributed by atoms with Gasteiger partial charge in [0, 0.05) is 17.3 Å². The minimum Gasteiger partial charge on any atom is -0.497 e. The van der Waals surface area contributed by atoms with Crippen LogP contribution in [0.15, 0.2) is 42.5 Å². The lowest BCUT2D eigenvalue weighted by atomic mass is 9.86. The minimum absolute atomic E-state index is 0.0269. The zero-order valence-corrected chi connectivity index (χ0v) is 15.8. The molecule has 2 aromatic rings. The van der Waals surface area contributed by atoms with Crippen LogP contribution in [0.2, 0.25) is 5.02 Å². The number of nitrogens with zero attached hydrogens (tertiary/aromatic N) is 1. The lowest BCUT2D eigenvalue weighted by molar-refractivity contribution is -0.125. The average Bonchev–Trinajstić information content (AvgIpc) is 2.81. The van der Waals surface area contributed by atoms with Gasteiger partial charge in [-0.05, 0) is 55.3 Å². The monoisotopic (exact) mass is 372 g/mol. The van der Waals surface area contributed by atoms with Crippen molar-refractivity contribution in [1.29, 1.82) is 0 Å². The van der Waals surface area contributed by atoms with Gasteiger partial charge in [-0.15, -0.1) is 0 Å². The van der Waals surface area contributed by atoms with Crippen molar-refractivity contribution in [2.45, 2.75) is 25.8 Å². The highest BCUT2D eigenvalue weighted by molar-refractivity contribution is 6.31. The molecule has 0 radical (unpaired) electrons. The number of anilines is 1. The van der Waals surface area contributed by atoms with E-state index in [-0.39, 0.29) is 18.4 Å². The van der Waals surface area contributed by atoms with E-state index in [0.717, 1.165) is 22.6 Å². The second-order valence-corrected chi connectivity index (χ2v) is 7.24. The summed E-state index contributed by atoms with van der Waals surface area (Å²) < 4.78 is 5.18. The molecule has 0 atom stereocenters. The highest BCUT2D eigenvalue weighted by Gasteiger charge is 2.44. The Morgan fingerprint density at radius 1 is 1.23 bits per heavy atom. The van der Waals surface area contributed by atoms with Crippen molar-refractivity contribution in [3.8, 4) is 5.75 Å². The van der Waals surface area contributed by atoms with Gasteiger partial charge in [-0.3, -0.25) is 9.59 Å². The lowest BCUT2D eigenvalue weighted by Gasteiger charge is -2.20. The Balaban J connectivity index is 1.71. The fraction of sp³-hybridized carbons (Fsp3) is 0.300. The van der Waals surface area contributed by atoms with Crippen LogP contribution in [0.25, 0.3) is 0 Å². The molecule has 6 heteroatoms. The van der Waals surface area contributed by atoms with Gasteiger partial charge in [0.05, 0.1) is 12.5 Å². The van der Waals surface area contributed by atoms with E-state index in [1.165, 1.54) is 4.90 Å². The molecule has 3 rings (SSSR count). The van der Waals surface area contributed by atoms with Crippen LogP contribution in [-0.2, 0) is 21.5 Å². The molecule has 0 aromatic heterocycles. The number of benzene rings is 2. The van der Waals surface area contributed by atoms with Gasteiger partial charge in [0.1, 0.15) is 12.3 Å². The summed E-state index contributed by atoms with van der Waals surface area (Å²) in [5.74, 6) is 0.407. The SMILES string of the molecule is COc1cccc(CNC(=O)CN2C(=O)C(C)(C)c3cc(Cl)ccc32)c1. The highest BCUT2D eigenvalue weighted by Crippen LogP contribution is 2.42. The first-order chi connectivity index (χ1) is 12.3. The molecular formula is C20H21ClN2O3. The number of ether oxygens (including phenoxy) is 1. The molecule has 26 heavy (non-hydrogen) atoms. The van der Waals surface area contributed by atoms with Crippen LogP contribution >= 0.6 is 11.6 Å². The van der Waals surface area contributed by atoms with Gasteiger partial charge in [0.15, 0.2) is 0 Å². The maximum absolute atomic E-state index is 12.8. The Labute approximate surface area is 157 Å². The van der Waals surface area contributed by atoms with E-state index in [9.17, 15) is 9.59 Å². The number of carbonyl (C=O) groups excluding carboxylic acids is 2. The second kappa shape index (κ2) is 7.00. The first kappa shape index (κ1) is 18.3. The second-order valence-electron chi connectivity index (χ2n) is 6.81. The van der Waals surface area contributed by atoms with Crippen molar-refractivity contribution in [3.63, 3.8) is 0 Å². The van der Waals surface area contributed by atoms with Crippen LogP contribution in [0.5, 0.6) is 5.75 Å². The topological polar surface area (TPSA) is 58.6 Å². The zero-order chi connectivity index (χ0) is 18.9. The van der Waals surface area contributed by atoms with Crippen molar-refractivity contribution < 1.29 is 14.3 Å². The van der Waals surface area contributed by atoms with Crippen molar-refractivity contribution in [3.05, 3.63) is 58.6 Å². The van der Waals surface area contributed by atoms with Crippen LogP contribution in [0.3, 0.4) is 0 Å². The summed E-state index contributed by atoms with van der Waals surface area (Å²) in [4.78, 5) is 26.7. The third-order valence-corrected chi connectivity index (χ3v) is 4.86. The van der Waals surface area contributed by atoms with Gasteiger partial charge in [-0.25, -0.2) is 0 Å². The number of halogens is 1. The maximum Gasteiger partial charge on any atom is 0.240 e. The van der Waals surface area contributed by atoms with Gasteiger partial charge in [-0.2, -0.15) is 0 Å². The summed E-state index contributed by atoms with van der Waals surface area (Å²) in [5.41, 5.74) is 1.81. The van der Waals surface area contributed by atoms with Crippen molar-refractivity contribution in [2.75, 3.05) is 18.6 Å². The predicted octanol–water partition coefficient (Wildman–Crippen LogP) is 3.29. The molecule has 0 spiro atoms. The molecule has 0 saturated heterocycles. The van der Waals surface area contributed by atoms with Gasteiger partial charge in [-0.1, -0.05) is 23.7 Å². The molecule has 1 aliphatic heterocycles. The van der Waals surface area contributed by atoms with Crippen LogP contribution in [0.4, 0.5) is 5.69 Å². The molecule has 2 aromatic carbocycles. The molecule has 0 saturated carbocycles. The number of hydrogen-bond donors (Lipinski definition) is 1. The Hall–Kier alpha value is -2.53. The summed E-state index contributed by atoms with van der Waals surface area (Å²) in [6.45, 7) is 4.03. The van der Waals surface area contributed by atoms with E-state index in [1.807, 2.05) is 38.1 Å². The number of nitrogens with one attached hydrogen (secondary N) is 1. The molecule has 0 fully saturated rings. The molecule has 5 nitrogen and oxygen atoms in total. The third-order valence-electron chi connectivity index (χ3n) is 4.63. The number of fused-ring (bicyclic) bond motifs is 1. The summed E-state index contributed by atoms with van der Waals surface area (Å²) in [5, 5.41) is 3.43. The van der Waals surface area contributed by atoms with Crippen molar-refractivity contribution in [1.82, 2.24) is 5.32 Å². The molecule has 1 N–H and O–H groups in total. The van der Waals surface area contributed by atoms with Crippen molar-refractivity contribution >= 4 is 29.1 Å². The molecule has 2 amide bonds. The van der Waals surface area contributed by atoms with Crippen LogP contribution < -0.4 is 15.0 Å². The first-order valence-electron chi connectivity index (χ1n) is 8.34. The van der Waals surface area contributed by atoms with E-state index < -0.39 is 5.41 Å². The Kier molecular flexibility index (Phi) is 4.92. The van der Waals surface area contributed by atoms with E-state index in [0.29, 0.717) is 11.6 Å². The fourth-order valence-electron chi connectivity index (χ4n) is 3.15. The van der Waals surface area contributed by atoms with Crippen LogP contribution in [-0.4, -0.2) is 25.5 Å². The molecule has 0 unspecified atom stereocenters. The Morgan fingerprint density at radius 3 is 2.73 bits per heavy atom. The number of amides is 2. The number of carbonyl (C=O) groups is 2. The summed E-state index contributed by atoms with van der Waals surface area (Å²) in [7, 11) is 1.60. The smallest absolute Gasteiger partial charge is 0.240 e. The van der Waals surface area contributed by atoms with Gasteiger partial charge in [0.25, 0.3) is 0 Å². The van der Waals surface area contributed by atoms with E-state index in [2.05, 4.69) is 5.32 Å². The Bertz CT molecular complexity index is 864. The summed E-state index contributed by atoms with van der Waals surface area (Å²) in [6.07, 6.45) is 0. The average molecular weight is 373 g/mol. The third kappa shape index (κ3) is 3.40. The maximum atomic E-state index is 12.8. The van der Waals surface area contributed by atoms with Gasteiger partial charge in [0.2, 0.25) is 11.8 Å². The van der Waals surface area contributed by atoms with E-state index in [1.54, 1.807) is 25.3 Å². The number of rotatable bonds is 5. The van der Waals surface area contributed by atoms with Gasteiger partial charge < -0.3 is 15.0 Å². The number of methoxy groups -OCH3 is 1. The largest absolute Gasteiger partial charge is 0.497 e. The molecular weight excluding hydrogens is 352 g/mol. The summed E-state index contributed by atoms with van der Waals surface area (Å²) >= 11 is 6.07. The van der Waals surface area contributed by atoms with Crippen LogP contribution in [0, 0.1) is 0 Å². The van der Waals surface area contributed by atoms with Crippen molar-refractivity contribution in [2.24, 2.45) is 0 Å². The van der Waals surface area contributed by atoms with E-state index in [4.69, 9.17) is 16.3 Å². The quantitative estimate of drug-likeness (QED) is 0.876. The van der Waals surface area contributed by atoms with Gasteiger partial charge >= 0.3 is 0 Å². The molecule has 0 aliphatic carbocycles. The fourth-order valence-corrected chi connectivity index (χ4v) is 3.32. The first-order valence-corrected chi connectivity index (χ1v) is 8.72. The molecule has 1 heterocycles. The predicted molar refractivity (Wildman–Crippen MR) is 102 cm³/mol. The summed E-state index contributed by atoms with van der Waals surface area (Å²) in [6, 6.07) is 12.8.